The SMILES string of the molecule is O=C(O)C(=O)/C=C/c1ccc(O)c(Cl)c1. The Morgan fingerprint density at radius 1 is 1.33 bits per heavy atom. The highest BCUT2D eigenvalue weighted by Crippen LogP contribution is 2.23. The number of hydrogen-bond acceptors (Lipinski definition) is 3. The maximum atomic E-state index is 10.7. The van der Waals surface area contributed by atoms with Gasteiger partial charge in [0.05, 0.1) is 5.02 Å². The van der Waals surface area contributed by atoms with Crippen LogP contribution in [-0.2, 0) is 9.59 Å². The van der Waals surface area contributed by atoms with Crippen molar-refractivity contribution in [2.75, 3.05) is 0 Å². The summed E-state index contributed by atoms with van der Waals surface area (Å²) < 4.78 is 0. The van der Waals surface area contributed by atoms with Gasteiger partial charge >= 0.3 is 5.97 Å². The summed E-state index contributed by atoms with van der Waals surface area (Å²) in [6, 6.07) is 4.28. The lowest BCUT2D eigenvalue weighted by atomic mass is 10.2. The summed E-state index contributed by atoms with van der Waals surface area (Å²) in [6.45, 7) is 0. The van der Waals surface area contributed by atoms with Gasteiger partial charge in [-0.25, -0.2) is 4.79 Å². The minimum atomic E-state index is -1.52. The molecule has 0 atom stereocenters. The van der Waals surface area contributed by atoms with Crippen molar-refractivity contribution in [1.29, 1.82) is 0 Å². The molecule has 1 aromatic rings. The number of carbonyl (C=O) groups is 2. The summed E-state index contributed by atoms with van der Waals surface area (Å²) in [5.74, 6) is -2.60. The lowest BCUT2D eigenvalue weighted by molar-refractivity contribution is -0.146. The molecule has 1 rings (SSSR count). The van der Waals surface area contributed by atoms with Crippen LogP contribution < -0.4 is 0 Å². The van der Waals surface area contributed by atoms with Crippen molar-refractivity contribution < 1.29 is 19.8 Å². The Kier molecular flexibility index (Phi) is 3.46. The van der Waals surface area contributed by atoms with Crippen LogP contribution in [0.5, 0.6) is 5.75 Å². The van der Waals surface area contributed by atoms with Gasteiger partial charge in [-0.2, -0.15) is 0 Å². The van der Waals surface area contributed by atoms with Crippen LogP contribution in [0.4, 0.5) is 0 Å². The number of carbonyl (C=O) groups excluding carboxylic acids is 1. The van der Waals surface area contributed by atoms with E-state index in [-0.39, 0.29) is 10.8 Å². The summed E-state index contributed by atoms with van der Waals surface area (Å²) in [6.07, 6.45) is 2.23. The summed E-state index contributed by atoms with van der Waals surface area (Å²) in [5, 5.41) is 17.5. The number of halogens is 1. The van der Waals surface area contributed by atoms with Gasteiger partial charge in [0.1, 0.15) is 5.75 Å². The highest BCUT2D eigenvalue weighted by molar-refractivity contribution is 6.38. The van der Waals surface area contributed by atoms with E-state index in [9.17, 15) is 9.59 Å². The van der Waals surface area contributed by atoms with E-state index in [1.807, 2.05) is 0 Å². The Bertz CT molecular complexity index is 437. The number of phenolic OH excluding ortho intramolecular Hbond substituents is 1. The van der Waals surface area contributed by atoms with Crippen LogP contribution in [0.15, 0.2) is 24.3 Å². The summed E-state index contributed by atoms with van der Waals surface area (Å²) in [7, 11) is 0. The predicted molar refractivity (Wildman–Crippen MR) is 54.8 cm³/mol. The van der Waals surface area contributed by atoms with Crippen molar-refractivity contribution in [2.45, 2.75) is 0 Å². The third-order valence-corrected chi connectivity index (χ3v) is 1.91. The van der Waals surface area contributed by atoms with Gasteiger partial charge in [0.25, 0.3) is 5.78 Å². The van der Waals surface area contributed by atoms with E-state index in [0.29, 0.717) is 5.56 Å². The first kappa shape index (κ1) is 11.3. The molecule has 0 amide bonds. The molecule has 0 aliphatic carbocycles. The highest BCUT2D eigenvalue weighted by Gasteiger charge is 2.05. The van der Waals surface area contributed by atoms with E-state index in [1.165, 1.54) is 24.3 Å². The van der Waals surface area contributed by atoms with Crippen molar-refractivity contribution in [2.24, 2.45) is 0 Å². The fourth-order valence-corrected chi connectivity index (χ4v) is 1.06. The quantitative estimate of drug-likeness (QED) is 0.608. The van der Waals surface area contributed by atoms with Crippen molar-refractivity contribution in [1.82, 2.24) is 0 Å². The molecule has 1 aromatic carbocycles. The lowest BCUT2D eigenvalue weighted by Gasteiger charge is -1.97. The fourth-order valence-electron chi connectivity index (χ4n) is 0.870. The molecular formula is C10H7ClO4. The standard InChI is InChI=1S/C10H7ClO4/c11-7-5-6(1-3-8(7)12)2-4-9(13)10(14)15/h1-5,12H,(H,14,15)/b4-2+. The highest BCUT2D eigenvalue weighted by atomic mass is 35.5. The number of aliphatic carboxylic acids is 1. The zero-order valence-corrected chi connectivity index (χ0v) is 8.23. The fraction of sp³-hybridized carbons (Fsp3) is 0. The first-order valence-electron chi connectivity index (χ1n) is 3.94. The first-order valence-corrected chi connectivity index (χ1v) is 4.32. The summed E-state index contributed by atoms with van der Waals surface area (Å²) in [4.78, 5) is 20.9. The second-order valence-electron chi connectivity index (χ2n) is 2.71. The predicted octanol–water partition coefficient (Wildman–Crippen LogP) is 1.71. The maximum Gasteiger partial charge on any atom is 0.376 e. The largest absolute Gasteiger partial charge is 0.506 e. The molecule has 0 heterocycles. The number of benzene rings is 1. The molecule has 0 aromatic heterocycles. The Hall–Kier alpha value is -1.81. The average molecular weight is 227 g/mol. The zero-order chi connectivity index (χ0) is 11.4. The van der Waals surface area contributed by atoms with Crippen LogP contribution >= 0.6 is 11.6 Å². The minimum Gasteiger partial charge on any atom is -0.506 e. The van der Waals surface area contributed by atoms with Gasteiger partial charge in [-0.05, 0) is 23.8 Å². The molecule has 0 spiro atoms. The van der Waals surface area contributed by atoms with E-state index in [1.54, 1.807) is 0 Å². The monoisotopic (exact) mass is 226 g/mol. The van der Waals surface area contributed by atoms with E-state index in [2.05, 4.69) is 0 Å². The van der Waals surface area contributed by atoms with Gasteiger partial charge in [0, 0.05) is 0 Å². The Labute approximate surface area is 90.4 Å². The number of rotatable bonds is 3. The normalized spacial score (nSPS) is 10.5. The molecular weight excluding hydrogens is 220 g/mol. The van der Waals surface area contributed by atoms with Gasteiger partial charge < -0.3 is 10.2 Å². The van der Waals surface area contributed by atoms with E-state index in [4.69, 9.17) is 21.8 Å². The third-order valence-electron chi connectivity index (χ3n) is 1.61. The molecule has 0 radical (unpaired) electrons. The van der Waals surface area contributed by atoms with Gasteiger partial charge in [0.2, 0.25) is 0 Å². The molecule has 0 unspecified atom stereocenters. The number of ketones is 1. The maximum absolute atomic E-state index is 10.7. The number of aromatic hydroxyl groups is 1. The van der Waals surface area contributed by atoms with Crippen LogP contribution in [0.2, 0.25) is 5.02 Å². The topological polar surface area (TPSA) is 74.6 Å². The molecule has 0 aliphatic heterocycles. The summed E-state index contributed by atoms with van der Waals surface area (Å²) in [5.41, 5.74) is 0.535. The molecule has 0 aliphatic rings. The van der Waals surface area contributed by atoms with Crippen molar-refractivity contribution in [3.05, 3.63) is 34.9 Å². The van der Waals surface area contributed by atoms with Crippen LogP contribution in [0.1, 0.15) is 5.56 Å². The molecule has 5 heteroatoms. The third kappa shape index (κ3) is 3.11. The van der Waals surface area contributed by atoms with E-state index in [0.717, 1.165) is 6.08 Å². The Morgan fingerprint density at radius 3 is 2.53 bits per heavy atom. The molecule has 0 fully saturated rings. The van der Waals surface area contributed by atoms with Gasteiger partial charge in [-0.15, -0.1) is 0 Å². The van der Waals surface area contributed by atoms with Gasteiger partial charge in [-0.1, -0.05) is 23.7 Å². The van der Waals surface area contributed by atoms with E-state index >= 15 is 0 Å². The first-order chi connectivity index (χ1) is 7.00. The van der Waals surface area contributed by atoms with Gasteiger partial charge in [0.15, 0.2) is 0 Å². The van der Waals surface area contributed by atoms with Crippen molar-refractivity contribution >= 4 is 29.4 Å². The molecule has 0 bridgehead atoms. The summed E-state index contributed by atoms with van der Waals surface area (Å²) >= 11 is 5.61. The number of hydrogen-bond donors (Lipinski definition) is 2. The molecule has 78 valence electrons. The Balaban J connectivity index is 2.86. The second-order valence-corrected chi connectivity index (χ2v) is 3.12. The van der Waals surface area contributed by atoms with Crippen LogP contribution in [0, 0.1) is 0 Å². The number of carboxylic acid groups (broad SMARTS) is 1. The minimum absolute atomic E-state index is 0.0709. The zero-order valence-electron chi connectivity index (χ0n) is 7.48. The van der Waals surface area contributed by atoms with Crippen LogP contribution in [0.3, 0.4) is 0 Å². The lowest BCUT2D eigenvalue weighted by Crippen LogP contribution is -2.08. The molecule has 0 saturated carbocycles. The second kappa shape index (κ2) is 4.61. The van der Waals surface area contributed by atoms with Crippen molar-refractivity contribution in [3.63, 3.8) is 0 Å². The van der Waals surface area contributed by atoms with E-state index < -0.39 is 11.8 Å². The van der Waals surface area contributed by atoms with Crippen LogP contribution in [0.25, 0.3) is 6.08 Å². The number of phenols is 1. The molecule has 2 N–H and O–H groups in total. The molecule has 4 nitrogen and oxygen atoms in total. The smallest absolute Gasteiger partial charge is 0.376 e. The average Bonchev–Trinajstić information content (AvgIpc) is 2.19. The molecule has 0 saturated heterocycles. The van der Waals surface area contributed by atoms with Crippen LogP contribution in [-0.4, -0.2) is 22.0 Å². The van der Waals surface area contributed by atoms with Crippen molar-refractivity contribution in [3.8, 4) is 5.75 Å². The number of carboxylic acids is 1. The Morgan fingerprint density at radius 2 is 2.00 bits per heavy atom. The molecule has 15 heavy (non-hydrogen) atoms. The van der Waals surface area contributed by atoms with Gasteiger partial charge in [-0.3, -0.25) is 4.79 Å².